The molecule has 0 bridgehead atoms. The van der Waals surface area contributed by atoms with E-state index in [1.54, 1.807) is 18.2 Å². The summed E-state index contributed by atoms with van der Waals surface area (Å²) in [6.07, 6.45) is 6.85. The second-order valence-electron chi connectivity index (χ2n) is 2.15. The molecule has 0 fully saturated rings. The highest BCUT2D eigenvalue weighted by atomic mass is 16.5. The van der Waals surface area contributed by atoms with Gasteiger partial charge < -0.3 is 9.47 Å². The van der Waals surface area contributed by atoms with Crippen molar-refractivity contribution >= 4 is 11.9 Å². The highest BCUT2D eigenvalue weighted by molar-refractivity contribution is 5.91. The second kappa shape index (κ2) is 7.79. The van der Waals surface area contributed by atoms with E-state index in [1.807, 2.05) is 0 Å². The van der Waals surface area contributed by atoms with Crippen LogP contribution in [0, 0.1) is 0 Å². The smallest absolute Gasteiger partial charge is 0.331 e. The van der Waals surface area contributed by atoms with Crippen LogP contribution in [0.4, 0.5) is 0 Å². The first-order chi connectivity index (χ1) is 6.70. The molecule has 0 aliphatic carbocycles. The fourth-order valence-electron chi connectivity index (χ4n) is 0.534. The predicted molar refractivity (Wildman–Crippen MR) is 51.5 cm³/mol. The van der Waals surface area contributed by atoms with Crippen molar-refractivity contribution in [1.82, 2.24) is 0 Å². The van der Waals surface area contributed by atoms with Gasteiger partial charge in [-0.05, 0) is 6.08 Å². The van der Waals surface area contributed by atoms with Crippen molar-refractivity contribution in [1.29, 1.82) is 0 Å². The van der Waals surface area contributed by atoms with Crippen molar-refractivity contribution < 1.29 is 19.1 Å². The van der Waals surface area contributed by atoms with Gasteiger partial charge in [0.1, 0.15) is 6.61 Å². The maximum absolute atomic E-state index is 10.9. The van der Waals surface area contributed by atoms with E-state index in [4.69, 9.17) is 0 Å². The molecule has 0 amide bonds. The summed E-state index contributed by atoms with van der Waals surface area (Å²) in [6, 6.07) is 0. The molecular weight excluding hydrogens is 184 g/mol. The minimum Gasteiger partial charge on any atom is -0.466 e. The molecule has 0 aromatic rings. The van der Waals surface area contributed by atoms with E-state index in [1.165, 1.54) is 7.11 Å². The first-order valence-electron chi connectivity index (χ1n) is 3.91. The number of carbonyl (C=O) groups excluding carboxylic acids is 2. The van der Waals surface area contributed by atoms with Gasteiger partial charge in [0.05, 0.1) is 7.11 Å². The van der Waals surface area contributed by atoms with Gasteiger partial charge in [-0.1, -0.05) is 18.7 Å². The zero-order valence-electron chi connectivity index (χ0n) is 7.93. The average Bonchev–Trinajstić information content (AvgIpc) is 2.21. The third-order valence-electron chi connectivity index (χ3n) is 1.15. The van der Waals surface area contributed by atoms with Crippen molar-refractivity contribution in [3.8, 4) is 0 Å². The first kappa shape index (κ1) is 12.2. The van der Waals surface area contributed by atoms with Crippen LogP contribution in [0.3, 0.4) is 0 Å². The van der Waals surface area contributed by atoms with Crippen LogP contribution in [0.25, 0.3) is 0 Å². The Morgan fingerprint density at radius 3 is 2.50 bits per heavy atom. The van der Waals surface area contributed by atoms with E-state index in [2.05, 4.69) is 16.1 Å². The Bertz CT molecular complexity index is 263. The predicted octanol–water partition coefficient (Wildman–Crippen LogP) is 1.00. The van der Waals surface area contributed by atoms with E-state index < -0.39 is 11.9 Å². The molecule has 14 heavy (non-hydrogen) atoms. The number of carbonyl (C=O) groups is 2. The lowest BCUT2D eigenvalue weighted by Gasteiger charge is -1.95. The average molecular weight is 196 g/mol. The molecule has 0 rings (SSSR count). The lowest BCUT2D eigenvalue weighted by atomic mass is 10.5. The van der Waals surface area contributed by atoms with Crippen LogP contribution in [-0.4, -0.2) is 25.7 Å². The third-order valence-corrected chi connectivity index (χ3v) is 1.15. The SMILES string of the molecule is C=C/C=C/COC(=O)/C=C/C(=O)OC. The van der Waals surface area contributed by atoms with E-state index in [0.29, 0.717) is 0 Å². The van der Waals surface area contributed by atoms with Crippen LogP contribution in [0.2, 0.25) is 0 Å². The lowest BCUT2D eigenvalue weighted by molar-refractivity contribution is -0.138. The zero-order chi connectivity index (χ0) is 10.8. The molecule has 0 heterocycles. The molecule has 0 saturated heterocycles. The molecule has 76 valence electrons. The number of rotatable bonds is 5. The number of methoxy groups -OCH3 is 1. The molecule has 0 aromatic carbocycles. The Morgan fingerprint density at radius 2 is 1.93 bits per heavy atom. The molecule has 4 nitrogen and oxygen atoms in total. The minimum absolute atomic E-state index is 0.149. The standard InChI is InChI=1S/C10H12O4/c1-3-4-5-8-14-10(12)7-6-9(11)13-2/h3-7H,1,8H2,2H3/b5-4+,7-6+. The van der Waals surface area contributed by atoms with Gasteiger partial charge in [0.2, 0.25) is 0 Å². The quantitative estimate of drug-likeness (QED) is 0.374. The second-order valence-corrected chi connectivity index (χ2v) is 2.15. The maximum Gasteiger partial charge on any atom is 0.331 e. The van der Waals surface area contributed by atoms with Gasteiger partial charge in [-0.2, -0.15) is 0 Å². The van der Waals surface area contributed by atoms with Crippen molar-refractivity contribution in [2.24, 2.45) is 0 Å². The molecule has 0 aliphatic rings. The number of esters is 2. The normalized spacial score (nSPS) is 10.4. The van der Waals surface area contributed by atoms with Gasteiger partial charge in [-0.15, -0.1) is 0 Å². The molecule has 0 aromatic heterocycles. The molecule has 0 atom stereocenters. The topological polar surface area (TPSA) is 52.6 Å². The van der Waals surface area contributed by atoms with Crippen LogP contribution in [0.15, 0.2) is 37.0 Å². The number of ether oxygens (including phenoxy) is 2. The van der Waals surface area contributed by atoms with Gasteiger partial charge in [0.25, 0.3) is 0 Å². The van der Waals surface area contributed by atoms with Gasteiger partial charge in [-0.3, -0.25) is 0 Å². The Balaban J connectivity index is 3.75. The van der Waals surface area contributed by atoms with Crippen molar-refractivity contribution in [3.05, 3.63) is 37.0 Å². The molecule has 4 heteroatoms. The van der Waals surface area contributed by atoms with Crippen molar-refractivity contribution in [2.75, 3.05) is 13.7 Å². The third kappa shape index (κ3) is 6.84. The number of allylic oxidation sites excluding steroid dienone is 2. The molecular formula is C10H12O4. The summed E-state index contributed by atoms with van der Waals surface area (Å²) in [4.78, 5) is 21.4. The Labute approximate surface area is 82.5 Å². The van der Waals surface area contributed by atoms with Crippen LogP contribution < -0.4 is 0 Å². The summed E-state index contributed by atoms with van der Waals surface area (Å²) >= 11 is 0. The van der Waals surface area contributed by atoms with Gasteiger partial charge in [0, 0.05) is 12.2 Å². The highest BCUT2D eigenvalue weighted by Crippen LogP contribution is 1.85. The van der Waals surface area contributed by atoms with Gasteiger partial charge >= 0.3 is 11.9 Å². The Morgan fingerprint density at radius 1 is 1.29 bits per heavy atom. The van der Waals surface area contributed by atoms with Crippen LogP contribution >= 0.6 is 0 Å². The summed E-state index contributed by atoms with van der Waals surface area (Å²) in [5.41, 5.74) is 0. The summed E-state index contributed by atoms with van der Waals surface area (Å²) in [6.45, 7) is 3.59. The van der Waals surface area contributed by atoms with Crippen LogP contribution in [0.1, 0.15) is 0 Å². The molecule has 0 spiro atoms. The minimum atomic E-state index is -0.594. The monoisotopic (exact) mass is 196 g/mol. The molecule has 0 saturated carbocycles. The summed E-state index contributed by atoms with van der Waals surface area (Å²) < 4.78 is 8.95. The highest BCUT2D eigenvalue weighted by Gasteiger charge is 1.96. The number of hydrogen-bond acceptors (Lipinski definition) is 4. The van der Waals surface area contributed by atoms with Crippen LogP contribution in [0.5, 0.6) is 0 Å². The van der Waals surface area contributed by atoms with Gasteiger partial charge in [-0.25, -0.2) is 9.59 Å². The van der Waals surface area contributed by atoms with Crippen LogP contribution in [-0.2, 0) is 19.1 Å². The van der Waals surface area contributed by atoms with E-state index in [-0.39, 0.29) is 6.61 Å². The van der Waals surface area contributed by atoms with Crippen molar-refractivity contribution in [2.45, 2.75) is 0 Å². The molecule has 0 N–H and O–H groups in total. The summed E-state index contributed by atoms with van der Waals surface area (Å²) in [5, 5.41) is 0. The summed E-state index contributed by atoms with van der Waals surface area (Å²) in [5.74, 6) is -1.19. The zero-order valence-corrected chi connectivity index (χ0v) is 7.93. The number of hydrogen-bond donors (Lipinski definition) is 0. The van der Waals surface area contributed by atoms with E-state index in [9.17, 15) is 9.59 Å². The molecule has 0 radical (unpaired) electrons. The fourth-order valence-corrected chi connectivity index (χ4v) is 0.534. The van der Waals surface area contributed by atoms with Gasteiger partial charge in [0.15, 0.2) is 0 Å². The van der Waals surface area contributed by atoms with Crippen molar-refractivity contribution in [3.63, 3.8) is 0 Å². The van der Waals surface area contributed by atoms with E-state index >= 15 is 0 Å². The fraction of sp³-hybridized carbons (Fsp3) is 0.200. The largest absolute Gasteiger partial charge is 0.466 e. The first-order valence-corrected chi connectivity index (χ1v) is 3.91. The lowest BCUT2D eigenvalue weighted by Crippen LogP contribution is -2.02. The maximum atomic E-state index is 10.9. The molecule has 0 unspecified atom stereocenters. The summed E-state index contributed by atoms with van der Waals surface area (Å²) in [7, 11) is 1.23. The van der Waals surface area contributed by atoms with E-state index in [0.717, 1.165) is 12.2 Å². The Hall–Kier alpha value is -1.84. The Kier molecular flexibility index (Phi) is 6.77. The molecule has 0 aliphatic heterocycles.